The Morgan fingerprint density at radius 2 is 1.33 bits per heavy atom. The molecule has 0 heterocycles. The molecule has 0 bridgehead atoms. The second-order valence-corrected chi connectivity index (χ2v) is 16.6. The monoisotopic (exact) mass is 635 g/mol. The average Bonchev–Trinajstić information content (AvgIpc) is 3.85. The Hall–Kier alpha value is -1.54. The minimum atomic E-state index is 0. The predicted octanol–water partition coefficient (Wildman–Crippen LogP) is 12.8. The van der Waals surface area contributed by atoms with Gasteiger partial charge in [-0.25, -0.2) is 0 Å². The Labute approximate surface area is 286 Å². The molecule has 0 amide bonds. The fraction of sp³-hybridized carbons (Fsp3) is 0.773. The summed E-state index contributed by atoms with van der Waals surface area (Å²) in [5, 5.41) is 0. The standard InChI is InChI=1S/C11H18.C10H16.C9H14.C7H12O.C6H10O.CH4/c1-8(2)9-4-5-10-7-11(10,3)6-9;1-2-3-8-4-5-9-7-10(9)6-8;1-2-7-3-4-8-6-9(8)5-7;1-2-5-8-6-7-3-4-7;1-2-7-5-6-3-4-6;/h9-10H,1,4-7H2,2-3H3;2,8-10H,1,3-7H2;2,7-9H,1,3-6H2;2,7H,1,3-6H2;2,6H,1,3-5H2;1H4. The van der Waals surface area contributed by atoms with Crippen LogP contribution in [0.2, 0.25) is 0 Å². The zero-order valence-electron chi connectivity index (χ0n) is 29.6. The minimum Gasteiger partial charge on any atom is -0.502 e. The molecule has 8 fully saturated rings. The number of allylic oxidation sites excluding steroid dienone is 3. The number of rotatable bonds is 11. The SMILES string of the molecule is C.C=C(C)C1CCC2CC2(C)C1.C=CC1CCC2CC2C1.C=CCC1CCC2CC2C1.C=CCOCC1CC1.C=COCC1CC1. The molecule has 0 aromatic heterocycles. The first-order valence-electron chi connectivity index (χ1n) is 19.1. The zero-order chi connectivity index (χ0) is 32.2. The van der Waals surface area contributed by atoms with Gasteiger partial charge >= 0.3 is 0 Å². The van der Waals surface area contributed by atoms with E-state index in [4.69, 9.17) is 9.47 Å². The van der Waals surface area contributed by atoms with Crippen LogP contribution in [0.5, 0.6) is 0 Å². The average molecular weight is 635 g/mol. The summed E-state index contributed by atoms with van der Waals surface area (Å²) in [4.78, 5) is 0. The fourth-order valence-electron chi connectivity index (χ4n) is 8.28. The van der Waals surface area contributed by atoms with Crippen molar-refractivity contribution >= 4 is 0 Å². The maximum Gasteiger partial charge on any atom is 0.0901 e. The lowest BCUT2D eigenvalue weighted by atomic mass is 9.79. The van der Waals surface area contributed by atoms with Crippen molar-refractivity contribution in [3.8, 4) is 0 Å². The van der Waals surface area contributed by atoms with E-state index in [9.17, 15) is 0 Å². The largest absolute Gasteiger partial charge is 0.502 e. The third-order valence-corrected chi connectivity index (χ3v) is 12.3. The Kier molecular flexibility index (Phi) is 16.5. The van der Waals surface area contributed by atoms with Gasteiger partial charge in [0.05, 0.1) is 19.5 Å². The molecule has 0 N–H and O–H groups in total. The third-order valence-electron chi connectivity index (χ3n) is 12.3. The molecule has 8 rings (SSSR count). The van der Waals surface area contributed by atoms with Crippen LogP contribution < -0.4 is 0 Å². The lowest BCUT2D eigenvalue weighted by Gasteiger charge is -2.26. The Bertz CT molecular complexity index is 942. The van der Waals surface area contributed by atoms with Crippen LogP contribution in [0.1, 0.15) is 130 Å². The summed E-state index contributed by atoms with van der Waals surface area (Å²) in [6.45, 7) is 25.9. The number of fused-ring (bicyclic) bond motifs is 3. The van der Waals surface area contributed by atoms with Crippen LogP contribution >= 0.6 is 0 Å². The van der Waals surface area contributed by atoms with E-state index in [2.05, 4.69) is 58.9 Å². The summed E-state index contributed by atoms with van der Waals surface area (Å²) in [6.07, 6.45) is 32.0. The molecule has 0 spiro atoms. The van der Waals surface area contributed by atoms with E-state index in [1.807, 2.05) is 0 Å². The number of hydrogen-bond donors (Lipinski definition) is 0. The Morgan fingerprint density at radius 1 is 0.696 bits per heavy atom. The predicted molar refractivity (Wildman–Crippen MR) is 201 cm³/mol. The highest BCUT2D eigenvalue weighted by Crippen LogP contribution is 2.63. The van der Waals surface area contributed by atoms with Gasteiger partial charge < -0.3 is 9.47 Å². The van der Waals surface area contributed by atoms with E-state index in [1.165, 1.54) is 115 Å². The summed E-state index contributed by atoms with van der Waals surface area (Å²) < 4.78 is 10.1. The molecule has 9 atom stereocenters. The Balaban J connectivity index is 0.000000157. The molecule has 8 aliphatic rings. The van der Waals surface area contributed by atoms with Crippen molar-refractivity contribution in [1.82, 2.24) is 0 Å². The van der Waals surface area contributed by atoms with E-state index in [1.54, 1.807) is 12.5 Å². The maximum absolute atomic E-state index is 5.19. The summed E-state index contributed by atoms with van der Waals surface area (Å²) in [7, 11) is 0. The molecule has 8 aliphatic carbocycles. The van der Waals surface area contributed by atoms with Crippen LogP contribution in [0.4, 0.5) is 0 Å². The molecule has 0 saturated heterocycles. The highest BCUT2D eigenvalue weighted by molar-refractivity contribution is 5.09. The molecule has 9 unspecified atom stereocenters. The molecular formula is C44H74O2. The summed E-state index contributed by atoms with van der Waals surface area (Å²) in [6, 6.07) is 0. The zero-order valence-corrected chi connectivity index (χ0v) is 29.6. The van der Waals surface area contributed by atoms with Crippen molar-refractivity contribution in [2.45, 2.75) is 130 Å². The van der Waals surface area contributed by atoms with Crippen molar-refractivity contribution in [3.63, 3.8) is 0 Å². The van der Waals surface area contributed by atoms with Crippen LogP contribution in [0.15, 0.2) is 63.0 Å². The van der Waals surface area contributed by atoms with Gasteiger partial charge in [0.1, 0.15) is 0 Å². The highest BCUT2D eigenvalue weighted by atomic mass is 16.5. The second-order valence-electron chi connectivity index (χ2n) is 16.6. The van der Waals surface area contributed by atoms with E-state index >= 15 is 0 Å². The number of hydrogen-bond acceptors (Lipinski definition) is 2. The molecule has 46 heavy (non-hydrogen) atoms. The smallest absolute Gasteiger partial charge is 0.0901 e. The maximum atomic E-state index is 5.19. The normalized spacial score (nSPS) is 36.6. The van der Waals surface area contributed by atoms with Crippen LogP contribution in [-0.4, -0.2) is 19.8 Å². The van der Waals surface area contributed by atoms with Crippen LogP contribution in [-0.2, 0) is 9.47 Å². The first-order chi connectivity index (χ1) is 21.8. The molecule has 262 valence electrons. The van der Waals surface area contributed by atoms with Crippen molar-refractivity contribution in [2.24, 2.45) is 64.6 Å². The quantitative estimate of drug-likeness (QED) is 0.128. The van der Waals surface area contributed by atoms with Crippen LogP contribution in [0.3, 0.4) is 0 Å². The van der Waals surface area contributed by atoms with Gasteiger partial charge in [-0.1, -0.05) is 51.3 Å². The second kappa shape index (κ2) is 19.5. The summed E-state index contributed by atoms with van der Waals surface area (Å²) >= 11 is 0. The number of ether oxygens (including phenoxy) is 2. The lowest BCUT2D eigenvalue weighted by molar-refractivity contribution is 0.151. The molecule has 2 nitrogen and oxygen atoms in total. The highest BCUT2D eigenvalue weighted by Gasteiger charge is 2.52. The lowest BCUT2D eigenvalue weighted by Crippen LogP contribution is -2.15. The molecule has 8 saturated carbocycles. The van der Waals surface area contributed by atoms with Crippen LogP contribution in [0, 0.1) is 64.6 Å². The van der Waals surface area contributed by atoms with Gasteiger partial charge in [0, 0.05) is 6.61 Å². The van der Waals surface area contributed by atoms with Gasteiger partial charge in [0.15, 0.2) is 0 Å². The van der Waals surface area contributed by atoms with Gasteiger partial charge in [-0.05, 0) is 181 Å². The Morgan fingerprint density at radius 3 is 1.85 bits per heavy atom. The van der Waals surface area contributed by atoms with Gasteiger partial charge in [-0.3, -0.25) is 0 Å². The first kappa shape index (κ1) is 38.9. The van der Waals surface area contributed by atoms with Crippen molar-refractivity contribution < 1.29 is 9.47 Å². The van der Waals surface area contributed by atoms with Crippen molar-refractivity contribution in [1.29, 1.82) is 0 Å². The topological polar surface area (TPSA) is 18.5 Å². The van der Waals surface area contributed by atoms with Gasteiger partial charge in [-0.2, -0.15) is 0 Å². The van der Waals surface area contributed by atoms with Gasteiger partial charge in [0.2, 0.25) is 0 Å². The van der Waals surface area contributed by atoms with Gasteiger partial charge in [0.25, 0.3) is 0 Å². The molecule has 0 radical (unpaired) electrons. The molecule has 0 aliphatic heterocycles. The molecular weight excluding hydrogens is 560 g/mol. The minimum absolute atomic E-state index is 0. The third kappa shape index (κ3) is 14.3. The summed E-state index contributed by atoms with van der Waals surface area (Å²) in [5.41, 5.74) is 2.15. The van der Waals surface area contributed by atoms with E-state index < -0.39 is 0 Å². The van der Waals surface area contributed by atoms with Crippen molar-refractivity contribution in [2.75, 3.05) is 19.8 Å². The summed E-state index contributed by atoms with van der Waals surface area (Å²) in [5.74, 6) is 10.1. The molecule has 0 aromatic rings. The van der Waals surface area contributed by atoms with E-state index in [0.717, 1.165) is 84.4 Å². The fourth-order valence-corrected chi connectivity index (χ4v) is 8.28. The first-order valence-corrected chi connectivity index (χ1v) is 19.1. The van der Waals surface area contributed by atoms with Gasteiger partial charge in [-0.15, -0.1) is 19.7 Å². The van der Waals surface area contributed by atoms with Crippen LogP contribution in [0.25, 0.3) is 0 Å². The van der Waals surface area contributed by atoms with E-state index in [-0.39, 0.29) is 7.43 Å². The molecule has 0 aromatic carbocycles. The van der Waals surface area contributed by atoms with E-state index in [0.29, 0.717) is 0 Å². The van der Waals surface area contributed by atoms with Crippen molar-refractivity contribution in [3.05, 3.63) is 63.0 Å². The molecule has 2 heteroatoms.